The fourth-order valence-electron chi connectivity index (χ4n) is 4.09. The van der Waals surface area contributed by atoms with Crippen LogP contribution in [0.25, 0.3) is 0 Å². The van der Waals surface area contributed by atoms with Crippen LogP contribution in [-0.2, 0) is 11.8 Å². The molecule has 2 N–H and O–H groups in total. The average Bonchev–Trinajstić information content (AvgIpc) is 3.02. The van der Waals surface area contributed by atoms with Crippen LogP contribution in [-0.4, -0.2) is 64.9 Å². The molecule has 1 aromatic rings. The van der Waals surface area contributed by atoms with Gasteiger partial charge >= 0.3 is 6.03 Å². The number of hydrogen-bond acceptors (Lipinski definition) is 4. The van der Waals surface area contributed by atoms with Crippen LogP contribution >= 0.6 is 0 Å². The molecule has 2 saturated heterocycles. The predicted octanol–water partition coefficient (Wildman–Crippen LogP) is 1.34. The third kappa shape index (κ3) is 5.22. The van der Waals surface area contributed by atoms with Crippen LogP contribution in [0.15, 0.2) is 12.3 Å². The quantitative estimate of drug-likeness (QED) is 0.812. The lowest BCUT2D eigenvalue weighted by atomic mass is 10.00. The summed E-state index contributed by atoms with van der Waals surface area (Å²) in [6, 6.07) is 1.10. The summed E-state index contributed by atoms with van der Waals surface area (Å²) >= 11 is 0. The van der Waals surface area contributed by atoms with Crippen LogP contribution in [0.4, 0.5) is 10.6 Å². The molecule has 2 aliphatic rings. The second-order valence-electron chi connectivity index (χ2n) is 8.06. The highest BCUT2D eigenvalue weighted by atomic mass is 16.2. The number of aromatic nitrogens is 2. The molecule has 2 aliphatic heterocycles. The maximum Gasteiger partial charge on any atom is 0.315 e. The molecule has 0 radical (unpaired) electrons. The number of rotatable bonds is 5. The smallest absolute Gasteiger partial charge is 0.315 e. The maximum atomic E-state index is 12.7. The van der Waals surface area contributed by atoms with Gasteiger partial charge in [0.1, 0.15) is 6.04 Å². The number of hydrogen-bond donors (Lipinski definition) is 2. The topological polar surface area (TPSA) is 82.5 Å². The third-order valence-electron chi connectivity index (χ3n) is 5.37. The Balaban J connectivity index is 1.48. The summed E-state index contributed by atoms with van der Waals surface area (Å²) in [6.07, 6.45) is 5.83. The van der Waals surface area contributed by atoms with Gasteiger partial charge in [0, 0.05) is 45.0 Å². The summed E-state index contributed by atoms with van der Waals surface area (Å²) < 4.78 is 1.68. The van der Waals surface area contributed by atoms with Crippen LogP contribution < -0.4 is 15.5 Å². The molecular weight excluding hydrogens is 344 g/mol. The van der Waals surface area contributed by atoms with Crippen molar-refractivity contribution in [2.45, 2.75) is 51.6 Å². The minimum Gasteiger partial charge on any atom is -0.334 e. The molecule has 3 atom stereocenters. The van der Waals surface area contributed by atoms with E-state index in [-0.39, 0.29) is 18.0 Å². The SMILES string of the molecule is CC1CCCN(CC(C)NC(=O)NC2CCCN(c3ccn(C)n3)C2=O)C1. The van der Waals surface area contributed by atoms with Gasteiger partial charge in [-0.1, -0.05) is 6.92 Å². The van der Waals surface area contributed by atoms with E-state index in [4.69, 9.17) is 0 Å². The number of carbonyl (C=O) groups excluding carboxylic acids is 2. The molecule has 1 aromatic heterocycles. The van der Waals surface area contributed by atoms with Crippen LogP contribution in [0.2, 0.25) is 0 Å². The first-order chi connectivity index (χ1) is 12.9. The second-order valence-corrected chi connectivity index (χ2v) is 8.06. The first-order valence-corrected chi connectivity index (χ1v) is 10.0. The van der Waals surface area contributed by atoms with Gasteiger partial charge in [0.05, 0.1) is 0 Å². The highest BCUT2D eigenvalue weighted by Crippen LogP contribution is 2.19. The van der Waals surface area contributed by atoms with Gasteiger partial charge in [0.2, 0.25) is 0 Å². The highest BCUT2D eigenvalue weighted by molar-refractivity contribution is 5.99. The molecule has 8 nitrogen and oxygen atoms in total. The Morgan fingerprint density at radius 1 is 1.33 bits per heavy atom. The van der Waals surface area contributed by atoms with Gasteiger partial charge in [-0.25, -0.2) is 4.79 Å². The number of nitrogens with one attached hydrogen (secondary N) is 2. The van der Waals surface area contributed by atoms with Crippen LogP contribution in [0.3, 0.4) is 0 Å². The number of anilines is 1. The predicted molar refractivity (Wildman–Crippen MR) is 105 cm³/mol. The van der Waals surface area contributed by atoms with E-state index in [0.717, 1.165) is 32.0 Å². The standard InChI is InChI=1S/C19H32N6O2/c1-14-6-4-9-24(12-14)13-15(2)20-19(27)21-16-7-5-10-25(18(16)26)17-8-11-23(3)22-17/h8,11,14-16H,4-7,9-10,12-13H2,1-3H3,(H2,20,21,27). The van der Waals surface area contributed by atoms with Crippen molar-refractivity contribution < 1.29 is 9.59 Å². The van der Waals surface area contributed by atoms with E-state index >= 15 is 0 Å². The Kier molecular flexibility index (Phi) is 6.36. The fourth-order valence-corrected chi connectivity index (χ4v) is 4.09. The van der Waals surface area contributed by atoms with Crippen LogP contribution in [0, 0.1) is 5.92 Å². The third-order valence-corrected chi connectivity index (χ3v) is 5.37. The van der Waals surface area contributed by atoms with Crippen molar-refractivity contribution in [3.8, 4) is 0 Å². The molecule has 3 heterocycles. The molecule has 2 fully saturated rings. The number of aryl methyl sites for hydroxylation is 1. The molecule has 3 unspecified atom stereocenters. The van der Waals surface area contributed by atoms with E-state index in [2.05, 4.69) is 27.6 Å². The van der Waals surface area contributed by atoms with Crippen molar-refractivity contribution in [1.82, 2.24) is 25.3 Å². The second kappa shape index (κ2) is 8.73. The minimum absolute atomic E-state index is 0.0425. The lowest BCUT2D eigenvalue weighted by Gasteiger charge is -2.33. The Morgan fingerprint density at radius 3 is 2.81 bits per heavy atom. The van der Waals surface area contributed by atoms with E-state index in [1.165, 1.54) is 12.8 Å². The summed E-state index contributed by atoms with van der Waals surface area (Å²) in [5, 5.41) is 10.1. The molecule has 0 spiro atoms. The van der Waals surface area contributed by atoms with Crippen molar-refractivity contribution in [3.05, 3.63) is 12.3 Å². The molecule has 0 aromatic carbocycles. The monoisotopic (exact) mass is 376 g/mol. The lowest BCUT2D eigenvalue weighted by Crippen LogP contribution is -2.56. The highest BCUT2D eigenvalue weighted by Gasteiger charge is 2.32. The Bertz CT molecular complexity index is 660. The Labute approximate surface area is 161 Å². The molecule has 3 amide bonds. The molecule has 3 rings (SSSR count). The summed E-state index contributed by atoms with van der Waals surface area (Å²) in [5.41, 5.74) is 0. The van der Waals surface area contributed by atoms with E-state index in [1.54, 1.807) is 9.58 Å². The number of urea groups is 1. The van der Waals surface area contributed by atoms with Crippen molar-refractivity contribution in [2.75, 3.05) is 31.1 Å². The number of likely N-dealkylation sites (tertiary alicyclic amines) is 1. The molecular formula is C19H32N6O2. The van der Waals surface area contributed by atoms with E-state index in [9.17, 15) is 9.59 Å². The molecule has 150 valence electrons. The van der Waals surface area contributed by atoms with Crippen molar-refractivity contribution in [1.29, 1.82) is 0 Å². The first kappa shape index (κ1) is 19.7. The molecule has 0 saturated carbocycles. The zero-order valence-corrected chi connectivity index (χ0v) is 16.6. The van der Waals surface area contributed by atoms with E-state index < -0.39 is 6.04 Å². The lowest BCUT2D eigenvalue weighted by molar-refractivity contribution is -0.121. The van der Waals surface area contributed by atoms with Crippen LogP contribution in [0.5, 0.6) is 0 Å². The van der Waals surface area contributed by atoms with Crippen molar-refractivity contribution >= 4 is 17.8 Å². The molecule has 0 bridgehead atoms. The summed E-state index contributed by atoms with van der Waals surface area (Å²) in [5.74, 6) is 1.27. The number of piperidine rings is 2. The first-order valence-electron chi connectivity index (χ1n) is 10.0. The van der Waals surface area contributed by atoms with Crippen molar-refractivity contribution in [2.24, 2.45) is 13.0 Å². The van der Waals surface area contributed by atoms with Gasteiger partial charge in [0.25, 0.3) is 5.91 Å². The number of amides is 3. The summed E-state index contributed by atoms with van der Waals surface area (Å²) in [6.45, 7) is 7.96. The zero-order chi connectivity index (χ0) is 19.4. The molecule has 27 heavy (non-hydrogen) atoms. The molecule has 8 heteroatoms. The van der Waals surface area contributed by atoms with E-state index in [1.807, 2.05) is 26.2 Å². The summed E-state index contributed by atoms with van der Waals surface area (Å²) in [4.78, 5) is 29.2. The van der Waals surface area contributed by atoms with Gasteiger partial charge < -0.3 is 15.5 Å². The Morgan fingerprint density at radius 2 is 2.11 bits per heavy atom. The zero-order valence-electron chi connectivity index (χ0n) is 16.6. The van der Waals surface area contributed by atoms with Gasteiger partial charge in [-0.3, -0.25) is 14.4 Å². The van der Waals surface area contributed by atoms with Crippen molar-refractivity contribution in [3.63, 3.8) is 0 Å². The van der Waals surface area contributed by atoms with Crippen LogP contribution in [0.1, 0.15) is 39.5 Å². The fraction of sp³-hybridized carbons (Fsp3) is 0.737. The van der Waals surface area contributed by atoms with Gasteiger partial charge in [-0.2, -0.15) is 5.10 Å². The number of nitrogens with zero attached hydrogens (tertiary/aromatic N) is 4. The normalized spacial score (nSPS) is 25.3. The van der Waals surface area contributed by atoms with Gasteiger partial charge in [0.15, 0.2) is 5.82 Å². The largest absolute Gasteiger partial charge is 0.334 e. The van der Waals surface area contributed by atoms with Gasteiger partial charge in [-0.05, 0) is 45.1 Å². The number of carbonyl (C=O) groups is 2. The summed E-state index contributed by atoms with van der Waals surface area (Å²) in [7, 11) is 1.82. The molecule has 0 aliphatic carbocycles. The maximum absolute atomic E-state index is 12.7. The Hall–Kier alpha value is -2.09. The minimum atomic E-state index is -0.497. The average molecular weight is 377 g/mol. The van der Waals surface area contributed by atoms with E-state index in [0.29, 0.717) is 18.8 Å². The van der Waals surface area contributed by atoms with Gasteiger partial charge in [-0.15, -0.1) is 0 Å².